The van der Waals surface area contributed by atoms with Gasteiger partial charge in [-0.15, -0.1) is 58.0 Å². The lowest BCUT2D eigenvalue weighted by Gasteiger charge is -2.44. The number of alkyl halides is 5. The molecule has 0 nitrogen and oxygen atoms in total. The fraction of sp³-hybridized carbons (Fsp3) is 0.810. The van der Waals surface area contributed by atoms with Gasteiger partial charge in [-0.05, 0) is 56.3 Å². The van der Waals surface area contributed by atoms with Gasteiger partial charge < -0.3 is 0 Å². The summed E-state index contributed by atoms with van der Waals surface area (Å²) in [6, 6.07) is 0. The zero-order chi connectivity index (χ0) is 22.4. The highest BCUT2D eigenvalue weighted by atomic mass is 35.5. The van der Waals surface area contributed by atoms with Crippen molar-refractivity contribution in [2.45, 2.75) is 70.8 Å². The molecule has 5 rings (SSSR count). The lowest BCUT2D eigenvalue weighted by atomic mass is 9.67. The number of rotatable bonds is 0. The summed E-state index contributed by atoms with van der Waals surface area (Å²) >= 11 is 62.8. The van der Waals surface area contributed by atoms with Crippen LogP contribution < -0.4 is 0 Å². The van der Waals surface area contributed by atoms with Crippen molar-refractivity contribution < 1.29 is 0 Å². The molecule has 0 radical (unpaired) electrons. The van der Waals surface area contributed by atoms with Gasteiger partial charge in [-0.3, -0.25) is 0 Å². The smallest absolute Gasteiger partial charge is 0.105 e. The second kappa shape index (κ2) is 6.44. The Morgan fingerprint density at radius 2 is 0.733 bits per heavy atom. The van der Waals surface area contributed by atoms with Crippen LogP contribution in [0.2, 0.25) is 0 Å². The highest BCUT2D eigenvalue weighted by molar-refractivity contribution is 6.56. The number of hydrogen-bond acceptors (Lipinski definition) is 0. The third kappa shape index (κ3) is 2.03. The van der Waals surface area contributed by atoms with Crippen molar-refractivity contribution in [1.82, 2.24) is 0 Å². The summed E-state index contributed by atoms with van der Waals surface area (Å²) in [7, 11) is 0. The van der Waals surface area contributed by atoms with Gasteiger partial charge in [0.2, 0.25) is 0 Å². The molecule has 0 aromatic heterocycles. The molecule has 0 heterocycles. The Hall–Kier alpha value is 2.09. The SMILES string of the molecule is CC1(C)C2(Cl)C(Cl)=C(Cl)C1(Cl)C1CCC3C(CCC12)C1(Cl)C(Cl)=C(Cl)C3(Cl)C1(C)Cl. The number of fused-ring (bicyclic) bond motifs is 10. The van der Waals surface area contributed by atoms with Gasteiger partial charge in [0.25, 0.3) is 0 Å². The predicted molar refractivity (Wildman–Crippen MR) is 132 cm³/mol. The molecular formula is C21H21Cl9. The standard InChI is InChI=1S/C21H21Cl9/c1-16(2)18(27)8-4-6-10-11(7-5-9(8)19(16,28)13(23)12(18)22)21(30)15(25)14(24)20(10,29)17(21,3)26/h8-11H,4-7H2,1-3H3. The van der Waals surface area contributed by atoms with E-state index < -0.39 is 29.8 Å². The zero-order valence-corrected chi connectivity index (χ0v) is 23.3. The van der Waals surface area contributed by atoms with Gasteiger partial charge in [0, 0.05) is 5.41 Å². The van der Waals surface area contributed by atoms with E-state index in [0.29, 0.717) is 20.1 Å². The summed E-state index contributed by atoms with van der Waals surface area (Å²) in [4.78, 5) is -4.68. The first kappa shape index (κ1) is 23.8. The minimum Gasteiger partial charge on any atom is -0.115 e. The van der Waals surface area contributed by atoms with Gasteiger partial charge in [0.05, 0.1) is 34.8 Å². The van der Waals surface area contributed by atoms with Crippen molar-refractivity contribution in [2.24, 2.45) is 29.1 Å². The van der Waals surface area contributed by atoms with Gasteiger partial charge in [-0.1, -0.05) is 60.3 Å². The maximum atomic E-state index is 7.31. The van der Waals surface area contributed by atoms with Gasteiger partial charge in [0.15, 0.2) is 0 Å². The molecule has 0 aliphatic heterocycles. The summed E-state index contributed by atoms with van der Waals surface area (Å²) in [5.74, 6) is 0.0745. The fourth-order valence-electron chi connectivity index (χ4n) is 7.83. The molecule has 0 N–H and O–H groups in total. The highest BCUT2D eigenvalue weighted by Crippen LogP contribution is 2.81. The van der Waals surface area contributed by atoms with E-state index in [-0.39, 0.29) is 23.7 Å². The summed E-state index contributed by atoms with van der Waals surface area (Å²) in [5.41, 5.74) is -0.503. The third-order valence-electron chi connectivity index (χ3n) is 9.44. The molecular weight excluding hydrogens is 571 g/mol. The van der Waals surface area contributed by atoms with Gasteiger partial charge in [0.1, 0.15) is 9.75 Å². The van der Waals surface area contributed by atoms with Crippen LogP contribution in [-0.4, -0.2) is 24.4 Å². The van der Waals surface area contributed by atoms with E-state index in [1.165, 1.54) is 0 Å². The van der Waals surface area contributed by atoms with Crippen LogP contribution in [0.1, 0.15) is 46.5 Å². The molecule has 0 aromatic rings. The largest absolute Gasteiger partial charge is 0.115 e. The molecule has 0 saturated heterocycles. The summed E-state index contributed by atoms with van der Waals surface area (Å²) in [6.07, 6.45) is 3.07. The van der Waals surface area contributed by atoms with Gasteiger partial charge in [-0.25, -0.2) is 0 Å². The Labute approximate surface area is 222 Å². The van der Waals surface area contributed by atoms with Crippen LogP contribution in [-0.2, 0) is 0 Å². The van der Waals surface area contributed by atoms with Crippen molar-refractivity contribution in [1.29, 1.82) is 0 Å². The molecule has 8 atom stereocenters. The van der Waals surface area contributed by atoms with E-state index >= 15 is 0 Å². The number of hydrogen-bond donors (Lipinski definition) is 0. The van der Waals surface area contributed by atoms with E-state index in [1.807, 2.05) is 6.92 Å². The first-order valence-electron chi connectivity index (χ1n) is 10.2. The van der Waals surface area contributed by atoms with Crippen molar-refractivity contribution in [3.05, 3.63) is 20.1 Å². The quantitative estimate of drug-likeness (QED) is 0.246. The molecule has 30 heavy (non-hydrogen) atoms. The minimum absolute atomic E-state index is 0.0258. The van der Waals surface area contributed by atoms with Crippen LogP contribution in [0.4, 0.5) is 0 Å². The second-order valence-electron chi connectivity index (χ2n) is 10.3. The summed E-state index contributed by atoms with van der Waals surface area (Å²) in [5, 5.41) is 1.71. The fourth-order valence-corrected chi connectivity index (χ4v) is 12.7. The molecule has 5 aliphatic rings. The van der Waals surface area contributed by atoms with Crippen LogP contribution in [0.25, 0.3) is 0 Å². The first-order valence-corrected chi connectivity index (χ1v) is 13.6. The van der Waals surface area contributed by atoms with E-state index in [2.05, 4.69) is 13.8 Å². The molecule has 0 amide bonds. The summed E-state index contributed by atoms with van der Waals surface area (Å²) in [6.45, 7) is 5.99. The predicted octanol–water partition coefficient (Wildman–Crippen LogP) is 9.39. The topological polar surface area (TPSA) is 0 Å². The monoisotopic (exact) mass is 588 g/mol. The molecule has 5 aliphatic carbocycles. The molecule has 168 valence electrons. The average molecular weight is 592 g/mol. The Morgan fingerprint density at radius 1 is 0.500 bits per heavy atom. The average Bonchev–Trinajstić information content (AvgIpc) is 2.96. The first-order chi connectivity index (χ1) is 13.6. The molecule has 3 fully saturated rings. The molecule has 9 heteroatoms. The van der Waals surface area contributed by atoms with Crippen molar-refractivity contribution in [2.75, 3.05) is 0 Å². The van der Waals surface area contributed by atoms with E-state index in [4.69, 9.17) is 104 Å². The van der Waals surface area contributed by atoms with Crippen molar-refractivity contribution in [3.63, 3.8) is 0 Å². The Kier molecular flexibility index (Phi) is 5.12. The highest BCUT2D eigenvalue weighted by Gasteiger charge is 2.82. The summed E-state index contributed by atoms with van der Waals surface area (Å²) < 4.78 is 0. The molecule has 4 bridgehead atoms. The lowest BCUT2D eigenvalue weighted by molar-refractivity contribution is 0.175. The van der Waals surface area contributed by atoms with Gasteiger partial charge >= 0.3 is 0 Å². The number of allylic oxidation sites excluding steroid dienone is 4. The Morgan fingerprint density at radius 3 is 1.03 bits per heavy atom. The van der Waals surface area contributed by atoms with Crippen LogP contribution >= 0.6 is 104 Å². The van der Waals surface area contributed by atoms with Crippen molar-refractivity contribution in [3.8, 4) is 0 Å². The molecule has 3 saturated carbocycles. The van der Waals surface area contributed by atoms with Crippen LogP contribution in [0.3, 0.4) is 0 Å². The van der Waals surface area contributed by atoms with Crippen LogP contribution in [0.5, 0.6) is 0 Å². The molecule has 8 unspecified atom stereocenters. The molecule has 0 spiro atoms. The zero-order valence-electron chi connectivity index (χ0n) is 16.5. The third-order valence-corrected chi connectivity index (χ3v) is 16.3. The normalized spacial score (nSPS) is 58.8. The van der Waals surface area contributed by atoms with Gasteiger partial charge in [-0.2, -0.15) is 0 Å². The lowest BCUT2D eigenvalue weighted by Crippen LogP contribution is -2.47. The van der Waals surface area contributed by atoms with E-state index in [0.717, 1.165) is 25.7 Å². The van der Waals surface area contributed by atoms with E-state index in [9.17, 15) is 0 Å². The van der Waals surface area contributed by atoms with Crippen molar-refractivity contribution >= 4 is 104 Å². The second-order valence-corrected chi connectivity index (χ2v) is 15.0. The maximum Gasteiger partial charge on any atom is 0.105 e. The number of halogens is 9. The Balaban J connectivity index is 1.62. The maximum absolute atomic E-state index is 7.31. The van der Waals surface area contributed by atoms with Crippen LogP contribution in [0, 0.1) is 29.1 Å². The van der Waals surface area contributed by atoms with Crippen LogP contribution in [0.15, 0.2) is 20.1 Å². The molecule has 0 aromatic carbocycles. The minimum atomic E-state index is -1.02. The Bertz CT molecular complexity index is 779. The van der Waals surface area contributed by atoms with E-state index in [1.54, 1.807) is 0 Å².